The Bertz CT molecular complexity index is 1110. The molecule has 6 N–H and O–H groups in total. The highest BCUT2D eigenvalue weighted by Gasteiger charge is 2.24. The Kier molecular flexibility index (Phi) is 20.9. The number of amides is 4. The highest BCUT2D eigenvalue weighted by atomic mass is 16.6. The van der Waals surface area contributed by atoms with Crippen LogP contribution in [0.4, 0.5) is 9.59 Å². The van der Waals surface area contributed by atoms with Gasteiger partial charge < -0.3 is 41.0 Å². The molecule has 0 spiro atoms. The fraction of sp³-hybridized carbons (Fsp3) is 0.636. The molecule has 0 radical (unpaired) electrons. The Hall–Kier alpha value is -4.36. The van der Waals surface area contributed by atoms with Crippen molar-refractivity contribution < 1.29 is 48.5 Å². The summed E-state index contributed by atoms with van der Waals surface area (Å²) in [7, 11) is 0. The second-order valence-corrected chi connectivity index (χ2v) is 12.8. The predicted octanol–water partition coefficient (Wildman–Crippen LogP) is 4.16. The largest absolute Gasteiger partial charge is 0.481 e. The van der Waals surface area contributed by atoms with Crippen molar-refractivity contribution in [3.63, 3.8) is 0 Å². The minimum atomic E-state index is -0.816. The van der Waals surface area contributed by atoms with E-state index in [2.05, 4.69) is 21.3 Å². The molecule has 0 bridgehead atoms. The Morgan fingerprint density at radius 2 is 1.15 bits per heavy atom. The molecule has 0 aliphatic carbocycles. The van der Waals surface area contributed by atoms with Crippen LogP contribution in [0.15, 0.2) is 30.3 Å². The summed E-state index contributed by atoms with van der Waals surface area (Å²) in [5, 5.41) is 27.5. The Balaban J connectivity index is 0.000000945. The molecule has 4 amide bonds. The van der Waals surface area contributed by atoms with Gasteiger partial charge in [0.05, 0.1) is 6.54 Å². The summed E-state index contributed by atoms with van der Waals surface area (Å²) in [5.41, 5.74) is -0.317. The number of nitrogens with one attached hydrogen (secondary N) is 4. The van der Waals surface area contributed by atoms with Gasteiger partial charge in [0.15, 0.2) is 0 Å². The van der Waals surface area contributed by atoms with Gasteiger partial charge in [-0.1, -0.05) is 43.2 Å². The first-order chi connectivity index (χ1) is 21.9. The standard InChI is InChI=1S/C20H30N2O5.C13H24N2O5/c1-20(2,3)27-19(26)22-16(14-15-10-6-4-7-11-15)18(25)21-13-9-5-8-12-17(23)24;1-13(2,3)20-12(19)15-9-10(16)14-8-6-4-5-7-11(17)18/h4,6-7,10-11,16H,5,8-9,12-14H2,1-3H3,(H,21,25)(H,22,26)(H,23,24);4-9H2,1-3H3,(H,14,16)(H,15,19)(H,17,18)/t16-;/m0./s1. The molecule has 14 heteroatoms. The van der Waals surface area contributed by atoms with Crippen molar-refractivity contribution in [2.45, 2.75) is 117 Å². The number of benzene rings is 1. The molecule has 0 aliphatic rings. The zero-order chi connectivity index (χ0) is 35.9. The van der Waals surface area contributed by atoms with E-state index in [9.17, 15) is 28.8 Å². The minimum Gasteiger partial charge on any atom is -0.481 e. The van der Waals surface area contributed by atoms with Crippen LogP contribution in [0.3, 0.4) is 0 Å². The Labute approximate surface area is 277 Å². The van der Waals surface area contributed by atoms with Crippen molar-refractivity contribution in [1.29, 1.82) is 0 Å². The molecule has 1 aromatic carbocycles. The van der Waals surface area contributed by atoms with Crippen molar-refractivity contribution in [3.05, 3.63) is 35.9 Å². The molecule has 47 heavy (non-hydrogen) atoms. The number of unbranched alkanes of at least 4 members (excludes halogenated alkanes) is 4. The zero-order valence-electron chi connectivity index (χ0n) is 28.6. The average Bonchev–Trinajstić information content (AvgIpc) is 2.94. The molecule has 0 aromatic heterocycles. The van der Waals surface area contributed by atoms with E-state index in [0.29, 0.717) is 45.2 Å². The molecular formula is C33H54N4O10. The molecule has 1 aromatic rings. The van der Waals surface area contributed by atoms with E-state index in [4.69, 9.17) is 19.7 Å². The van der Waals surface area contributed by atoms with E-state index >= 15 is 0 Å². The molecule has 0 unspecified atom stereocenters. The van der Waals surface area contributed by atoms with Gasteiger partial charge in [-0.2, -0.15) is 0 Å². The van der Waals surface area contributed by atoms with E-state index in [-0.39, 0.29) is 31.2 Å². The fourth-order valence-corrected chi connectivity index (χ4v) is 3.76. The lowest BCUT2D eigenvalue weighted by Crippen LogP contribution is -2.49. The Morgan fingerprint density at radius 1 is 0.660 bits per heavy atom. The lowest BCUT2D eigenvalue weighted by Gasteiger charge is -2.23. The summed E-state index contributed by atoms with van der Waals surface area (Å²) in [6.07, 6.45) is 3.39. The fourth-order valence-electron chi connectivity index (χ4n) is 3.76. The van der Waals surface area contributed by atoms with Gasteiger partial charge in [-0.25, -0.2) is 9.59 Å². The van der Waals surface area contributed by atoms with Crippen LogP contribution < -0.4 is 21.3 Å². The van der Waals surface area contributed by atoms with Crippen LogP contribution in [0.2, 0.25) is 0 Å². The number of aliphatic carboxylic acids is 2. The summed E-state index contributed by atoms with van der Waals surface area (Å²) in [6, 6.07) is 8.67. The SMILES string of the molecule is CC(C)(C)OC(=O)NCC(=O)NCCCCCC(=O)O.CC(C)(C)OC(=O)N[C@@H](Cc1ccccc1)C(=O)NCCCCCC(=O)O. The second-order valence-electron chi connectivity index (χ2n) is 12.8. The number of hydrogen-bond acceptors (Lipinski definition) is 8. The number of hydrogen-bond donors (Lipinski definition) is 6. The van der Waals surface area contributed by atoms with Gasteiger partial charge in [0, 0.05) is 32.4 Å². The number of carboxylic acids is 2. The van der Waals surface area contributed by atoms with Gasteiger partial charge in [-0.05, 0) is 72.8 Å². The van der Waals surface area contributed by atoms with Gasteiger partial charge in [0.25, 0.3) is 0 Å². The quantitative estimate of drug-likeness (QED) is 0.123. The molecule has 14 nitrogen and oxygen atoms in total. The number of ether oxygens (including phenoxy) is 2. The maximum atomic E-state index is 12.5. The van der Waals surface area contributed by atoms with Gasteiger partial charge in [0.2, 0.25) is 11.8 Å². The monoisotopic (exact) mass is 666 g/mol. The number of carboxylic acid groups (broad SMARTS) is 2. The van der Waals surface area contributed by atoms with Crippen LogP contribution in [0.25, 0.3) is 0 Å². The molecule has 0 saturated carbocycles. The van der Waals surface area contributed by atoms with Crippen molar-refractivity contribution in [3.8, 4) is 0 Å². The van der Waals surface area contributed by atoms with Crippen LogP contribution in [0, 0.1) is 0 Å². The van der Waals surface area contributed by atoms with E-state index < -0.39 is 41.4 Å². The lowest BCUT2D eigenvalue weighted by atomic mass is 10.1. The summed E-state index contributed by atoms with van der Waals surface area (Å²) >= 11 is 0. The number of carbonyl (C=O) groups is 6. The number of carbonyl (C=O) groups excluding carboxylic acids is 4. The summed E-state index contributed by atoms with van der Waals surface area (Å²) in [6.45, 7) is 11.3. The third kappa shape index (κ3) is 27.7. The summed E-state index contributed by atoms with van der Waals surface area (Å²) in [5.74, 6) is -2.21. The highest BCUT2D eigenvalue weighted by molar-refractivity contribution is 5.86. The minimum absolute atomic E-state index is 0.130. The van der Waals surface area contributed by atoms with Crippen molar-refractivity contribution in [1.82, 2.24) is 21.3 Å². The normalized spacial score (nSPS) is 11.5. The van der Waals surface area contributed by atoms with Gasteiger partial charge in [-0.15, -0.1) is 0 Å². The Morgan fingerprint density at radius 3 is 1.64 bits per heavy atom. The molecule has 0 saturated heterocycles. The topological polar surface area (TPSA) is 209 Å². The molecule has 266 valence electrons. The van der Waals surface area contributed by atoms with Crippen LogP contribution in [-0.2, 0) is 35.1 Å². The number of rotatable bonds is 18. The van der Waals surface area contributed by atoms with Gasteiger partial charge in [-0.3, -0.25) is 19.2 Å². The van der Waals surface area contributed by atoms with Crippen LogP contribution in [-0.4, -0.2) is 83.0 Å². The first-order valence-corrected chi connectivity index (χ1v) is 15.9. The smallest absolute Gasteiger partial charge is 0.408 e. The van der Waals surface area contributed by atoms with E-state index in [1.54, 1.807) is 41.5 Å². The molecule has 0 fully saturated rings. The molecule has 0 aliphatic heterocycles. The van der Waals surface area contributed by atoms with Gasteiger partial charge >= 0.3 is 24.1 Å². The summed E-state index contributed by atoms with van der Waals surface area (Å²) < 4.78 is 10.2. The lowest BCUT2D eigenvalue weighted by molar-refractivity contribution is -0.138. The average molecular weight is 667 g/mol. The van der Waals surface area contributed by atoms with E-state index in [1.165, 1.54) is 0 Å². The maximum absolute atomic E-state index is 12.5. The van der Waals surface area contributed by atoms with Crippen molar-refractivity contribution in [2.75, 3.05) is 19.6 Å². The maximum Gasteiger partial charge on any atom is 0.408 e. The summed E-state index contributed by atoms with van der Waals surface area (Å²) in [4.78, 5) is 68.0. The van der Waals surface area contributed by atoms with Gasteiger partial charge in [0.1, 0.15) is 17.2 Å². The highest BCUT2D eigenvalue weighted by Crippen LogP contribution is 2.09. The second kappa shape index (κ2) is 23.0. The third-order valence-electron chi connectivity index (χ3n) is 5.84. The van der Waals surface area contributed by atoms with Crippen LogP contribution in [0.5, 0.6) is 0 Å². The third-order valence-corrected chi connectivity index (χ3v) is 5.84. The van der Waals surface area contributed by atoms with E-state index in [0.717, 1.165) is 18.4 Å². The van der Waals surface area contributed by atoms with E-state index in [1.807, 2.05) is 30.3 Å². The first kappa shape index (κ1) is 42.6. The van der Waals surface area contributed by atoms with Crippen LogP contribution in [0.1, 0.15) is 98.5 Å². The molecule has 1 atom stereocenters. The molecular weight excluding hydrogens is 612 g/mol. The van der Waals surface area contributed by atoms with Crippen LogP contribution >= 0.6 is 0 Å². The predicted molar refractivity (Wildman–Crippen MR) is 176 cm³/mol. The first-order valence-electron chi connectivity index (χ1n) is 15.9. The number of alkyl carbamates (subject to hydrolysis) is 2. The van der Waals surface area contributed by atoms with Crippen molar-refractivity contribution >= 4 is 35.9 Å². The zero-order valence-corrected chi connectivity index (χ0v) is 28.6. The molecule has 1 rings (SSSR count). The van der Waals surface area contributed by atoms with Crippen molar-refractivity contribution in [2.24, 2.45) is 0 Å². The molecule has 0 heterocycles.